The van der Waals surface area contributed by atoms with E-state index in [9.17, 15) is 40.8 Å². The van der Waals surface area contributed by atoms with Gasteiger partial charge in [0.25, 0.3) is 0 Å². The van der Waals surface area contributed by atoms with Gasteiger partial charge in [-0.1, -0.05) is 6.92 Å². The zero-order valence-corrected chi connectivity index (χ0v) is 15.9. The molecule has 2 rings (SSSR count). The van der Waals surface area contributed by atoms with Gasteiger partial charge in [0.15, 0.2) is 5.34 Å². The van der Waals surface area contributed by atoms with Crippen LogP contribution >= 0.6 is 0 Å². The lowest BCUT2D eigenvalue weighted by atomic mass is 9.97. The molecule has 1 aromatic carbocycles. The van der Waals surface area contributed by atoms with Crippen LogP contribution in [-0.2, 0) is 30.3 Å². The highest BCUT2D eigenvalue weighted by molar-refractivity contribution is 5.96. The topological polar surface area (TPSA) is 110 Å². The minimum Gasteiger partial charge on any atom is -0.475 e. The summed E-state index contributed by atoms with van der Waals surface area (Å²) >= 11 is 0. The van der Waals surface area contributed by atoms with E-state index in [1.54, 1.807) is 0 Å². The summed E-state index contributed by atoms with van der Waals surface area (Å²) in [5.41, 5.74) is -1.44. The largest absolute Gasteiger partial charge is 0.573 e. The molecule has 0 amide bonds. The first-order valence-electron chi connectivity index (χ1n) is 8.50. The normalized spacial score (nSPS) is 15.6. The lowest BCUT2D eigenvalue weighted by Crippen LogP contribution is -2.41. The second-order valence-electron chi connectivity index (χ2n) is 5.96. The van der Waals surface area contributed by atoms with E-state index in [0.29, 0.717) is 6.08 Å². The number of aryl methyl sites for hydroxylation is 1. The summed E-state index contributed by atoms with van der Waals surface area (Å²) in [7, 11) is 0. The van der Waals surface area contributed by atoms with Crippen molar-refractivity contribution in [1.82, 2.24) is 0 Å². The van der Waals surface area contributed by atoms with Crippen molar-refractivity contribution in [3.05, 3.63) is 33.7 Å². The number of carbonyl (C=O) groups excluding carboxylic acids is 2. The highest BCUT2D eigenvalue weighted by Crippen LogP contribution is 2.42. The molecule has 1 aliphatic heterocycles. The Morgan fingerprint density at radius 2 is 1.81 bits per heavy atom. The van der Waals surface area contributed by atoms with Crippen LogP contribution in [0.2, 0.25) is 0 Å². The Morgan fingerprint density at radius 3 is 2.38 bits per heavy atom. The second kappa shape index (κ2) is 9.74. The number of carbonyl (C=O) groups is 2. The van der Waals surface area contributed by atoms with Gasteiger partial charge in [-0.3, -0.25) is 0 Å². The number of alkyl halides is 6. The van der Waals surface area contributed by atoms with E-state index in [2.05, 4.69) is 19.0 Å². The number of hydrogen-bond acceptors (Lipinski definition) is 9. The molecule has 0 N–H and O–H groups in total. The van der Waals surface area contributed by atoms with E-state index >= 15 is 0 Å². The fourth-order valence-electron chi connectivity index (χ4n) is 2.58. The molecule has 0 radical (unpaired) electrons. The van der Waals surface area contributed by atoms with Crippen molar-refractivity contribution >= 4 is 18.0 Å². The molecule has 1 atom stereocenters. The fraction of sp³-hybridized carbons (Fsp3) is 0.412. The maximum atomic E-state index is 13.5. The molecular formula is C17H13F6NO8. The van der Waals surface area contributed by atoms with Crippen molar-refractivity contribution in [1.29, 1.82) is 0 Å². The van der Waals surface area contributed by atoms with E-state index in [1.807, 2.05) is 5.34 Å². The predicted molar refractivity (Wildman–Crippen MR) is 89.7 cm³/mol. The molecule has 32 heavy (non-hydrogen) atoms. The summed E-state index contributed by atoms with van der Waals surface area (Å²) in [5.74, 6) is -3.96. The van der Waals surface area contributed by atoms with Crippen molar-refractivity contribution in [2.24, 2.45) is 5.34 Å². The van der Waals surface area contributed by atoms with Gasteiger partial charge in [-0.25, -0.2) is 9.59 Å². The van der Waals surface area contributed by atoms with Crippen LogP contribution in [0.4, 0.5) is 26.3 Å². The van der Waals surface area contributed by atoms with E-state index < -0.39 is 55.3 Å². The number of benzene rings is 1. The van der Waals surface area contributed by atoms with E-state index in [4.69, 9.17) is 4.74 Å². The third kappa shape index (κ3) is 6.49. The van der Waals surface area contributed by atoms with E-state index in [1.165, 1.54) is 6.92 Å². The molecular weight excluding hydrogens is 460 g/mol. The van der Waals surface area contributed by atoms with Crippen LogP contribution in [-0.4, -0.2) is 44.0 Å². The molecule has 0 bridgehead atoms. The van der Waals surface area contributed by atoms with Crippen LogP contribution in [0.1, 0.15) is 18.1 Å². The first-order chi connectivity index (χ1) is 14.9. The molecule has 1 aliphatic rings. The molecule has 0 saturated carbocycles. The SMILES string of the molecule is CCc1cc(OC(F)(F)F)cc2c1OC(C(F)(F)F)C(C(=O)OCOC(=O)CON=O)=C2. The standard InChI is InChI=1S/C17H13F6NO8/c1-2-8-3-10(32-17(21,22)23)4-9-5-11(14(16(18,19)20)31-13(8)9)15(26)29-7-28-12(25)6-30-24-27/h3-5,14H,2,6-7H2,1H3. The van der Waals surface area contributed by atoms with Crippen molar-refractivity contribution in [2.45, 2.75) is 32.0 Å². The molecule has 0 saturated heterocycles. The maximum Gasteiger partial charge on any atom is 0.573 e. The zero-order valence-electron chi connectivity index (χ0n) is 15.9. The monoisotopic (exact) mass is 473 g/mol. The Bertz CT molecular complexity index is 912. The Labute approximate surface area is 174 Å². The van der Waals surface area contributed by atoms with E-state index in [0.717, 1.165) is 12.1 Å². The summed E-state index contributed by atoms with van der Waals surface area (Å²) < 4.78 is 95.6. The lowest BCUT2D eigenvalue weighted by Gasteiger charge is -2.29. The average Bonchev–Trinajstić information content (AvgIpc) is 2.68. The third-order valence-corrected chi connectivity index (χ3v) is 3.79. The molecule has 0 aliphatic carbocycles. The van der Waals surface area contributed by atoms with Gasteiger partial charge in [-0.05, 0) is 30.2 Å². The number of halogens is 6. The average molecular weight is 473 g/mol. The minimum absolute atomic E-state index is 0.0107. The maximum absolute atomic E-state index is 13.5. The molecule has 15 heteroatoms. The summed E-state index contributed by atoms with van der Waals surface area (Å²) in [6.45, 7) is -0.621. The highest BCUT2D eigenvalue weighted by Gasteiger charge is 2.49. The number of ether oxygens (including phenoxy) is 4. The van der Waals surface area contributed by atoms with Gasteiger partial charge in [0, 0.05) is 5.56 Å². The molecule has 0 spiro atoms. The van der Waals surface area contributed by atoms with Gasteiger partial charge in [0.1, 0.15) is 11.5 Å². The highest BCUT2D eigenvalue weighted by atomic mass is 19.4. The molecule has 0 fully saturated rings. The van der Waals surface area contributed by atoms with Gasteiger partial charge in [-0.15, -0.1) is 18.1 Å². The number of nitrogens with zero attached hydrogens (tertiary/aromatic N) is 1. The zero-order chi connectivity index (χ0) is 24.1. The van der Waals surface area contributed by atoms with Crippen molar-refractivity contribution in [2.75, 3.05) is 13.4 Å². The number of fused-ring (bicyclic) bond motifs is 1. The van der Waals surface area contributed by atoms with Gasteiger partial charge in [-0.2, -0.15) is 13.2 Å². The first-order valence-corrected chi connectivity index (χ1v) is 8.50. The minimum atomic E-state index is -5.10. The Kier molecular flexibility index (Phi) is 7.53. The summed E-state index contributed by atoms with van der Waals surface area (Å²) in [5, 5.41) is 1.90. The molecule has 1 aromatic rings. The molecule has 176 valence electrons. The van der Waals surface area contributed by atoms with Crippen LogP contribution in [0.15, 0.2) is 23.0 Å². The molecule has 9 nitrogen and oxygen atoms in total. The molecule has 1 unspecified atom stereocenters. The van der Waals surface area contributed by atoms with Crippen LogP contribution in [0, 0.1) is 4.91 Å². The van der Waals surface area contributed by atoms with Crippen LogP contribution in [0.3, 0.4) is 0 Å². The number of rotatable bonds is 8. The number of esters is 2. The molecule has 0 aromatic heterocycles. The van der Waals surface area contributed by atoms with Crippen LogP contribution in [0.25, 0.3) is 6.08 Å². The quantitative estimate of drug-likeness (QED) is 0.185. The number of hydrogen-bond donors (Lipinski definition) is 0. The lowest BCUT2D eigenvalue weighted by molar-refractivity contribution is -0.274. The van der Waals surface area contributed by atoms with Crippen molar-refractivity contribution in [3.8, 4) is 11.5 Å². The van der Waals surface area contributed by atoms with Crippen molar-refractivity contribution in [3.63, 3.8) is 0 Å². The van der Waals surface area contributed by atoms with Gasteiger partial charge in [0.2, 0.25) is 19.5 Å². The van der Waals surface area contributed by atoms with Gasteiger partial charge >= 0.3 is 24.5 Å². The van der Waals surface area contributed by atoms with Crippen molar-refractivity contribution < 1.29 is 59.7 Å². The van der Waals surface area contributed by atoms with E-state index in [-0.39, 0.29) is 23.3 Å². The summed E-state index contributed by atoms with van der Waals surface area (Å²) in [6.07, 6.45) is -12.3. The summed E-state index contributed by atoms with van der Waals surface area (Å²) in [4.78, 5) is 36.8. The second-order valence-corrected chi connectivity index (χ2v) is 5.96. The summed E-state index contributed by atoms with van der Waals surface area (Å²) in [6, 6.07) is 1.61. The first kappa shape index (κ1) is 24.7. The van der Waals surface area contributed by atoms with Crippen LogP contribution in [0.5, 0.6) is 11.5 Å². The van der Waals surface area contributed by atoms with Gasteiger partial charge in [0.05, 0.1) is 5.57 Å². The molecule has 1 heterocycles. The third-order valence-electron chi connectivity index (χ3n) is 3.79. The van der Waals surface area contributed by atoms with Crippen LogP contribution < -0.4 is 9.47 Å². The Balaban J connectivity index is 2.34. The Hall–Kier alpha value is -3.52. The van der Waals surface area contributed by atoms with Gasteiger partial charge < -0.3 is 23.8 Å². The fourth-order valence-corrected chi connectivity index (χ4v) is 2.58. The Morgan fingerprint density at radius 1 is 1.12 bits per heavy atom. The smallest absolute Gasteiger partial charge is 0.475 e. The predicted octanol–water partition coefficient (Wildman–Crippen LogP) is 3.60.